The van der Waals surface area contributed by atoms with E-state index in [1.807, 2.05) is 24.3 Å². The van der Waals surface area contributed by atoms with E-state index < -0.39 is 0 Å². The van der Waals surface area contributed by atoms with Gasteiger partial charge < -0.3 is 14.6 Å². The molecule has 3 rings (SSSR count). The van der Waals surface area contributed by atoms with E-state index in [1.54, 1.807) is 25.8 Å². The molecular weight excluding hydrogens is 304 g/mol. The van der Waals surface area contributed by atoms with Gasteiger partial charge >= 0.3 is 0 Å². The highest BCUT2D eigenvalue weighted by atomic mass is 32.1. The van der Waals surface area contributed by atoms with Crippen molar-refractivity contribution in [3.63, 3.8) is 0 Å². The van der Waals surface area contributed by atoms with Crippen LogP contribution in [0.4, 0.5) is 11.5 Å². The van der Waals surface area contributed by atoms with Crippen molar-refractivity contribution in [3.05, 3.63) is 39.4 Å². The summed E-state index contributed by atoms with van der Waals surface area (Å²) < 4.78 is 13.9. The van der Waals surface area contributed by atoms with Crippen LogP contribution < -0.4 is 15.6 Å². The number of aromatic nitrogens is 3. The van der Waals surface area contributed by atoms with E-state index in [-0.39, 0.29) is 5.56 Å². The van der Waals surface area contributed by atoms with Crippen molar-refractivity contribution >= 4 is 34.8 Å². The molecule has 2 heterocycles. The molecule has 0 atom stereocenters. The van der Waals surface area contributed by atoms with Crippen molar-refractivity contribution in [1.29, 1.82) is 0 Å². The number of hydrogen-bond acceptors (Lipinski definition) is 6. The number of aryl methyl sites for hydroxylation is 1. The lowest BCUT2D eigenvalue weighted by Crippen LogP contribution is -2.21. The molecule has 7 nitrogen and oxygen atoms in total. The lowest BCUT2D eigenvalue weighted by atomic mass is 10.3. The molecule has 0 saturated carbocycles. The van der Waals surface area contributed by atoms with Gasteiger partial charge in [-0.3, -0.25) is 13.9 Å². The van der Waals surface area contributed by atoms with Crippen molar-refractivity contribution in [1.82, 2.24) is 14.3 Å². The van der Waals surface area contributed by atoms with E-state index >= 15 is 0 Å². The average Bonchev–Trinajstić information content (AvgIpc) is 2.95. The Bertz CT molecular complexity index is 970. The topological polar surface area (TPSA) is 74.2 Å². The maximum absolute atomic E-state index is 12.4. The Morgan fingerprint density at radius 2 is 2.00 bits per heavy atom. The lowest BCUT2D eigenvalue weighted by molar-refractivity contribution is 0.416. The number of hydrogen-bond donors (Lipinski definition) is 1. The van der Waals surface area contributed by atoms with Crippen LogP contribution in [0.25, 0.3) is 11.1 Å². The largest absolute Gasteiger partial charge is 0.495 e. The van der Waals surface area contributed by atoms with Crippen molar-refractivity contribution in [3.8, 4) is 5.75 Å². The summed E-state index contributed by atoms with van der Waals surface area (Å²) in [5.74, 6) is 0.963. The maximum Gasteiger partial charge on any atom is 0.269 e. The number of nitrogens with one attached hydrogen (secondary N) is 1. The second-order valence-electron chi connectivity index (χ2n) is 4.74. The Labute approximate surface area is 130 Å². The molecule has 114 valence electrons. The minimum Gasteiger partial charge on any atom is -0.495 e. The molecule has 0 fully saturated rings. The van der Waals surface area contributed by atoms with Crippen LogP contribution in [0.1, 0.15) is 0 Å². The summed E-state index contributed by atoms with van der Waals surface area (Å²) in [5.41, 5.74) is 0.745. The fourth-order valence-corrected chi connectivity index (χ4v) is 2.40. The van der Waals surface area contributed by atoms with E-state index in [0.29, 0.717) is 33.1 Å². The van der Waals surface area contributed by atoms with Crippen LogP contribution in [0, 0.1) is 4.77 Å². The molecule has 0 aliphatic heterocycles. The number of benzene rings is 1. The summed E-state index contributed by atoms with van der Waals surface area (Å²) in [7, 11) is 4.91. The third-order valence-electron chi connectivity index (χ3n) is 3.43. The van der Waals surface area contributed by atoms with Gasteiger partial charge in [-0.2, -0.15) is 0 Å². The monoisotopic (exact) mass is 318 g/mol. The number of anilines is 2. The Morgan fingerprint density at radius 1 is 1.27 bits per heavy atom. The molecule has 22 heavy (non-hydrogen) atoms. The van der Waals surface area contributed by atoms with Gasteiger partial charge in [0, 0.05) is 14.1 Å². The molecule has 0 radical (unpaired) electrons. The molecule has 0 unspecified atom stereocenters. The maximum atomic E-state index is 12.4. The van der Waals surface area contributed by atoms with Crippen LogP contribution in [0.5, 0.6) is 5.75 Å². The molecule has 0 aliphatic carbocycles. The minimum absolute atomic E-state index is 0.267. The van der Waals surface area contributed by atoms with Gasteiger partial charge in [-0.25, -0.2) is 0 Å². The van der Waals surface area contributed by atoms with Gasteiger partial charge in [0.25, 0.3) is 5.56 Å². The van der Waals surface area contributed by atoms with Gasteiger partial charge in [-0.15, -0.1) is 0 Å². The highest BCUT2D eigenvalue weighted by Crippen LogP contribution is 2.29. The fourth-order valence-electron chi connectivity index (χ4n) is 2.23. The van der Waals surface area contributed by atoms with Gasteiger partial charge in [-0.05, 0) is 24.4 Å². The summed E-state index contributed by atoms with van der Waals surface area (Å²) in [6, 6.07) is 7.34. The Hall–Kier alpha value is -2.61. The van der Waals surface area contributed by atoms with Crippen LogP contribution in [0.3, 0.4) is 0 Å². The first-order valence-corrected chi connectivity index (χ1v) is 6.91. The average molecular weight is 318 g/mol. The molecule has 3 aromatic rings. The highest BCUT2D eigenvalue weighted by Gasteiger charge is 2.18. The molecule has 0 spiro atoms. The van der Waals surface area contributed by atoms with Gasteiger partial charge in [0.15, 0.2) is 10.6 Å². The van der Waals surface area contributed by atoms with Gasteiger partial charge in [0.2, 0.25) is 5.71 Å². The van der Waals surface area contributed by atoms with Crippen molar-refractivity contribution in [2.45, 2.75) is 0 Å². The zero-order valence-electron chi connectivity index (χ0n) is 12.3. The Kier molecular flexibility index (Phi) is 3.45. The molecule has 0 amide bonds. The summed E-state index contributed by atoms with van der Waals surface area (Å²) in [5, 5.41) is 7.36. The first kappa shape index (κ1) is 14.3. The number of methoxy groups -OCH3 is 1. The molecule has 8 heteroatoms. The number of para-hydroxylation sites is 2. The van der Waals surface area contributed by atoms with Crippen LogP contribution >= 0.6 is 12.2 Å². The van der Waals surface area contributed by atoms with E-state index in [4.69, 9.17) is 21.5 Å². The molecule has 0 aliphatic rings. The van der Waals surface area contributed by atoms with Gasteiger partial charge in [0.05, 0.1) is 12.8 Å². The van der Waals surface area contributed by atoms with E-state index in [2.05, 4.69) is 10.5 Å². The highest BCUT2D eigenvalue weighted by molar-refractivity contribution is 7.71. The zero-order valence-corrected chi connectivity index (χ0v) is 13.1. The summed E-state index contributed by atoms with van der Waals surface area (Å²) in [4.78, 5) is 12.4. The quantitative estimate of drug-likeness (QED) is 0.747. The number of fused-ring (bicyclic) bond motifs is 1. The van der Waals surface area contributed by atoms with Gasteiger partial charge in [-0.1, -0.05) is 17.3 Å². The fraction of sp³-hybridized carbons (Fsp3) is 0.214. The SMILES string of the molecule is COc1ccccc1Nc1noc2c1c(=O)n(C)c(=S)n2C. The molecule has 0 saturated heterocycles. The second-order valence-corrected chi connectivity index (χ2v) is 5.11. The van der Waals surface area contributed by atoms with Gasteiger partial charge in [0.1, 0.15) is 11.1 Å². The second kappa shape index (κ2) is 5.30. The first-order chi connectivity index (χ1) is 10.5. The molecule has 1 N–H and O–H groups in total. The van der Waals surface area contributed by atoms with Crippen LogP contribution in [0.2, 0.25) is 0 Å². The zero-order chi connectivity index (χ0) is 15.9. The van der Waals surface area contributed by atoms with Crippen LogP contribution in [0.15, 0.2) is 33.6 Å². The Balaban J connectivity index is 2.21. The summed E-state index contributed by atoms with van der Waals surface area (Å²) in [6.45, 7) is 0. The minimum atomic E-state index is -0.267. The predicted octanol–water partition coefficient (Wildman–Crippen LogP) is 2.35. The standard InChI is InChI=1S/C14H14N4O3S/c1-17-12(19)10-11(16-21-13(10)18(2)14(17)22)15-8-6-4-5-7-9(8)20-3/h4-7H,1-3H3,(H,15,16). The lowest BCUT2D eigenvalue weighted by Gasteiger charge is -2.09. The number of rotatable bonds is 3. The van der Waals surface area contributed by atoms with Crippen LogP contribution in [-0.4, -0.2) is 21.4 Å². The number of ether oxygens (including phenoxy) is 1. The smallest absolute Gasteiger partial charge is 0.269 e. The normalized spacial score (nSPS) is 10.9. The van der Waals surface area contributed by atoms with Crippen molar-refractivity contribution in [2.24, 2.45) is 14.1 Å². The molecule has 1 aromatic carbocycles. The summed E-state index contributed by atoms with van der Waals surface area (Å²) >= 11 is 5.19. The first-order valence-electron chi connectivity index (χ1n) is 6.50. The van der Waals surface area contributed by atoms with Crippen LogP contribution in [-0.2, 0) is 14.1 Å². The molecule has 2 aromatic heterocycles. The molecular formula is C14H14N4O3S. The van der Waals surface area contributed by atoms with E-state index in [9.17, 15) is 4.79 Å². The molecule has 0 bridgehead atoms. The Morgan fingerprint density at radius 3 is 2.73 bits per heavy atom. The predicted molar refractivity (Wildman–Crippen MR) is 85.3 cm³/mol. The van der Waals surface area contributed by atoms with Crippen molar-refractivity contribution in [2.75, 3.05) is 12.4 Å². The van der Waals surface area contributed by atoms with E-state index in [0.717, 1.165) is 0 Å². The third kappa shape index (κ3) is 2.08. The van der Waals surface area contributed by atoms with E-state index in [1.165, 1.54) is 4.57 Å². The number of nitrogens with zero attached hydrogens (tertiary/aromatic N) is 3. The third-order valence-corrected chi connectivity index (χ3v) is 3.98. The van der Waals surface area contributed by atoms with Crippen molar-refractivity contribution < 1.29 is 9.26 Å². The summed E-state index contributed by atoms with van der Waals surface area (Å²) in [6.07, 6.45) is 0.